The normalized spacial score (nSPS) is 17.2. The molecule has 2 amide bonds. The number of benzene rings is 1. The Morgan fingerprint density at radius 2 is 2.08 bits per heavy atom. The summed E-state index contributed by atoms with van der Waals surface area (Å²) in [5.74, 6) is -0.522. The van der Waals surface area contributed by atoms with E-state index < -0.39 is 23.0 Å². The lowest BCUT2D eigenvalue weighted by molar-refractivity contribution is -0.385. The zero-order valence-corrected chi connectivity index (χ0v) is 14.4. The first kappa shape index (κ1) is 18.2. The third-order valence-corrected chi connectivity index (χ3v) is 4.05. The predicted molar refractivity (Wildman–Crippen MR) is 88.0 cm³/mol. The number of hydrogen-bond donors (Lipinski definition) is 1. The summed E-state index contributed by atoms with van der Waals surface area (Å²) in [6, 6.07) is 3.02. The molecular weight excluding hydrogens is 330 g/mol. The molecular formula is C16H19N3O6. The Morgan fingerprint density at radius 3 is 2.60 bits per heavy atom. The van der Waals surface area contributed by atoms with Gasteiger partial charge in [-0.1, -0.05) is 6.07 Å². The van der Waals surface area contributed by atoms with E-state index in [2.05, 4.69) is 5.32 Å². The summed E-state index contributed by atoms with van der Waals surface area (Å²) in [5, 5.41) is 13.9. The van der Waals surface area contributed by atoms with Gasteiger partial charge in [-0.3, -0.25) is 15.0 Å². The van der Waals surface area contributed by atoms with Crippen molar-refractivity contribution in [1.82, 2.24) is 10.2 Å². The summed E-state index contributed by atoms with van der Waals surface area (Å²) in [5.41, 5.74) is 0.801. The molecule has 1 aromatic carbocycles. The number of carbonyl (C=O) groups excluding carboxylic acids is 2. The standard InChI is InChI=1S/C16H19N3O6/c1-5-18-9(2)13(15(20)25-4)14(17-16(18)21)10-6-7-12(24-3)11(8-10)19(22)23/h6-8,14H,5H2,1-4H3,(H,17,21)/t14-/m1/s1. The van der Waals surface area contributed by atoms with Crippen LogP contribution in [0.3, 0.4) is 0 Å². The van der Waals surface area contributed by atoms with E-state index in [1.165, 1.54) is 31.3 Å². The van der Waals surface area contributed by atoms with Crippen molar-refractivity contribution >= 4 is 17.7 Å². The fourth-order valence-corrected chi connectivity index (χ4v) is 2.82. The number of allylic oxidation sites excluding steroid dienone is 1. The highest BCUT2D eigenvalue weighted by Crippen LogP contribution is 2.35. The minimum Gasteiger partial charge on any atom is -0.490 e. The molecule has 134 valence electrons. The number of rotatable bonds is 5. The van der Waals surface area contributed by atoms with Gasteiger partial charge in [0.05, 0.1) is 30.8 Å². The predicted octanol–water partition coefficient (Wildman–Crippen LogP) is 2.14. The Kier molecular flexibility index (Phi) is 5.26. The first-order valence-electron chi connectivity index (χ1n) is 7.55. The quantitative estimate of drug-likeness (QED) is 0.495. The Balaban J connectivity index is 2.61. The molecule has 1 aliphatic heterocycles. The average molecular weight is 349 g/mol. The van der Waals surface area contributed by atoms with Gasteiger partial charge < -0.3 is 14.8 Å². The van der Waals surface area contributed by atoms with Gasteiger partial charge >= 0.3 is 17.7 Å². The van der Waals surface area contributed by atoms with Crippen LogP contribution < -0.4 is 10.1 Å². The third-order valence-electron chi connectivity index (χ3n) is 4.05. The third kappa shape index (κ3) is 3.25. The number of carbonyl (C=O) groups is 2. The van der Waals surface area contributed by atoms with Gasteiger partial charge in [0.2, 0.25) is 0 Å². The highest BCUT2D eigenvalue weighted by Gasteiger charge is 2.36. The van der Waals surface area contributed by atoms with Gasteiger partial charge in [-0.25, -0.2) is 9.59 Å². The van der Waals surface area contributed by atoms with Crippen molar-refractivity contribution in [3.05, 3.63) is 45.1 Å². The second-order valence-electron chi connectivity index (χ2n) is 5.31. The van der Waals surface area contributed by atoms with Crippen molar-refractivity contribution in [1.29, 1.82) is 0 Å². The van der Waals surface area contributed by atoms with Gasteiger partial charge in [0.25, 0.3) is 0 Å². The van der Waals surface area contributed by atoms with Crippen LogP contribution in [0.4, 0.5) is 10.5 Å². The van der Waals surface area contributed by atoms with Gasteiger partial charge in [-0.15, -0.1) is 0 Å². The van der Waals surface area contributed by atoms with E-state index in [0.29, 0.717) is 17.8 Å². The molecule has 0 aromatic heterocycles. The summed E-state index contributed by atoms with van der Waals surface area (Å²) < 4.78 is 9.81. The summed E-state index contributed by atoms with van der Waals surface area (Å²) in [6.45, 7) is 3.78. The molecule has 0 spiro atoms. The number of urea groups is 1. The van der Waals surface area contributed by atoms with Crippen LogP contribution in [-0.2, 0) is 9.53 Å². The van der Waals surface area contributed by atoms with Crippen LogP contribution >= 0.6 is 0 Å². The highest BCUT2D eigenvalue weighted by molar-refractivity contribution is 5.95. The molecule has 1 heterocycles. The van der Waals surface area contributed by atoms with Crippen LogP contribution in [0, 0.1) is 10.1 Å². The number of methoxy groups -OCH3 is 2. The maximum absolute atomic E-state index is 12.3. The lowest BCUT2D eigenvalue weighted by Crippen LogP contribution is -2.47. The molecule has 0 bridgehead atoms. The molecule has 0 saturated heterocycles. The largest absolute Gasteiger partial charge is 0.490 e. The van der Waals surface area contributed by atoms with Crippen molar-refractivity contribution in [2.75, 3.05) is 20.8 Å². The molecule has 25 heavy (non-hydrogen) atoms. The van der Waals surface area contributed by atoms with Gasteiger partial charge in [0.1, 0.15) is 0 Å². The first-order chi connectivity index (χ1) is 11.8. The van der Waals surface area contributed by atoms with E-state index in [-0.39, 0.29) is 17.0 Å². The molecule has 1 aromatic rings. The molecule has 0 unspecified atom stereocenters. The minimum atomic E-state index is -0.854. The van der Waals surface area contributed by atoms with Crippen LogP contribution in [0.15, 0.2) is 29.5 Å². The van der Waals surface area contributed by atoms with Gasteiger partial charge in [0.15, 0.2) is 5.75 Å². The number of nitrogens with zero attached hydrogens (tertiary/aromatic N) is 2. The zero-order valence-electron chi connectivity index (χ0n) is 14.4. The van der Waals surface area contributed by atoms with E-state index in [1.807, 2.05) is 0 Å². The van der Waals surface area contributed by atoms with E-state index in [0.717, 1.165) is 0 Å². The topological polar surface area (TPSA) is 111 Å². The molecule has 2 rings (SSSR count). The van der Waals surface area contributed by atoms with E-state index in [4.69, 9.17) is 9.47 Å². The number of esters is 1. The van der Waals surface area contributed by atoms with Gasteiger partial charge in [-0.05, 0) is 25.5 Å². The SMILES string of the molecule is CCN1C(=O)N[C@H](c2ccc(OC)c([N+](=O)[O-])c2)C(C(=O)OC)=C1C. The second-order valence-corrected chi connectivity index (χ2v) is 5.31. The molecule has 1 atom stereocenters. The average Bonchev–Trinajstić information content (AvgIpc) is 2.60. The Hall–Kier alpha value is -3.10. The molecule has 0 radical (unpaired) electrons. The lowest BCUT2D eigenvalue weighted by Gasteiger charge is -2.34. The summed E-state index contributed by atoms with van der Waals surface area (Å²) in [4.78, 5) is 36.6. The van der Waals surface area contributed by atoms with Gasteiger partial charge in [-0.2, -0.15) is 0 Å². The number of hydrogen-bond acceptors (Lipinski definition) is 6. The number of nitro benzene ring substituents is 1. The lowest BCUT2D eigenvalue weighted by atomic mass is 9.94. The van der Waals surface area contributed by atoms with Crippen LogP contribution in [0.2, 0.25) is 0 Å². The van der Waals surface area contributed by atoms with Gasteiger partial charge in [0, 0.05) is 18.3 Å². The zero-order chi connectivity index (χ0) is 18.7. The molecule has 1 N–H and O–H groups in total. The molecule has 9 heteroatoms. The number of amides is 2. The van der Waals surface area contributed by atoms with E-state index in [9.17, 15) is 19.7 Å². The minimum absolute atomic E-state index is 0.0893. The maximum atomic E-state index is 12.3. The maximum Gasteiger partial charge on any atom is 0.337 e. The van der Waals surface area contributed by atoms with Crippen molar-refractivity contribution < 1.29 is 24.0 Å². The Labute approximate surface area is 144 Å². The van der Waals surface area contributed by atoms with Crippen molar-refractivity contribution in [3.8, 4) is 5.75 Å². The second kappa shape index (κ2) is 7.20. The fraction of sp³-hybridized carbons (Fsp3) is 0.375. The summed E-state index contributed by atoms with van der Waals surface area (Å²) in [7, 11) is 2.57. The van der Waals surface area contributed by atoms with Crippen molar-refractivity contribution in [2.24, 2.45) is 0 Å². The van der Waals surface area contributed by atoms with Crippen LogP contribution in [0.25, 0.3) is 0 Å². The van der Waals surface area contributed by atoms with Crippen LogP contribution in [0.1, 0.15) is 25.5 Å². The van der Waals surface area contributed by atoms with E-state index >= 15 is 0 Å². The molecule has 9 nitrogen and oxygen atoms in total. The Bertz CT molecular complexity index is 758. The number of ether oxygens (including phenoxy) is 2. The number of nitro groups is 1. The monoisotopic (exact) mass is 349 g/mol. The fourth-order valence-electron chi connectivity index (χ4n) is 2.82. The highest BCUT2D eigenvalue weighted by atomic mass is 16.6. The summed E-state index contributed by atoms with van der Waals surface area (Å²) >= 11 is 0. The van der Waals surface area contributed by atoms with E-state index in [1.54, 1.807) is 19.9 Å². The molecule has 1 aliphatic rings. The molecule has 0 saturated carbocycles. The smallest absolute Gasteiger partial charge is 0.337 e. The number of nitrogens with one attached hydrogen (secondary N) is 1. The van der Waals surface area contributed by atoms with Crippen LogP contribution in [-0.4, -0.2) is 42.6 Å². The van der Waals surface area contributed by atoms with Crippen LogP contribution in [0.5, 0.6) is 5.75 Å². The van der Waals surface area contributed by atoms with Crippen molar-refractivity contribution in [3.63, 3.8) is 0 Å². The molecule has 0 aliphatic carbocycles. The summed E-state index contributed by atoms with van der Waals surface area (Å²) in [6.07, 6.45) is 0. The Morgan fingerprint density at radius 1 is 1.40 bits per heavy atom. The van der Waals surface area contributed by atoms with Crippen molar-refractivity contribution in [2.45, 2.75) is 19.9 Å². The first-order valence-corrected chi connectivity index (χ1v) is 7.55. The molecule has 0 fully saturated rings.